The van der Waals surface area contributed by atoms with Gasteiger partial charge in [0.1, 0.15) is 11.9 Å². The number of amides is 1. The first kappa shape index (κ1) is 17.9. The molecule has 0 aromatic heterocycles. The van der Waals surface area contributed by atoms with E-state index in [1.54, 1.807) is 4.90 Å². The van der Waals surface area contributed by atoms with Gasteiger partial charge in [0, 0.05) is 11.6 Å². The molecule has 0 spiro atoms. The van der Waals surface area contributed by atoms with Gasteiger partial charge in [-0.3, -0.25) is 4.79 Å². The molecule has 0 radical (unpaired) electrons. The lowest BCUT2D eigenvalue weighted by Crippen LogP contribution is -2.44. The smallest absolute Gasteiger partial charge is 0.238 e. The van der Waals surface area contributed by atoms with Crippen LogP contribution < -0.4 is 0 Å². The molecule has 25 heavy (non-hydrogen) atoms. The average molecular weight is 380 g/mol. The van der Waals surface area contributed by atoms with Gasteiger partial charge in [0.15, 0.2) is 9.84 Å². The third-order valence-corrected chi connectivity index (χ3v) is 5.95. The minimum absolute atomic E-state index is 0.0955. The molecule has 1 fully saturated rings. The third kappa shape index (κ3) is 4.39. The van der Waals surface area contributed by atoms with Crippen molar-refractivity contribution in [2.24, 2.45) is 0 Å². The number of carbonyl (C=O) groups excluding carboxylic acids is 1. The van der Waals surface area contributed by atoms with Gasteiger partial charge in [0.05, 0.1) is 18.0 Å². The Bertz CT molecular complexity index is 837. The molecular formula is C18H18ClNO4S. The molecule has 0 saturated carbocycles. The maximum absolute atomic E-state index is 12.5. The number of morpholine rings is 1. The van der Waals surface area contributed by atoms with Gasteiger partial charge < -0.3 is 9.64 Å². The van der Waals surface area contributed by atoms with Crippen molar-refractivity contribution in [1.82, 2.24) is 4.90 Å². The quantitative estimate of drug-likeness (QED) is 0.819. The number of nitrogens with zero attached hydrogens (tertiary/aromatic N) is 1. The number of carbonyl (C=O) groups is 1. The summed E-state index contributed by atoms with van der Waals surface area (Å²) in [7, 11) is -3.70. The van der Waals surface area contributed by atoms with Crippen molar-refractivity contribution in [3.8, 4) is 0 Å². The lowest BCUT2D eigenvalue weighted by Gasteiger charge is -2.33. The van der Waals surface area contributed by atoms with Gasteiger partial charge in [-0.05, 0) is 29.8 Å². The highest BCUT2D eigenvalue weighted by atomic mass is 35.5. The van der Waals surface area contributed by atoms with Crippen LogP contribution in [0.25, 0.3) is 0 Å². The van der Waals surface area contributed by atoms with Gasteiger partial charge in [0.2, 0.25) is 5.91 Å². The fourth-order valence-corrected chi connectivity index (χ4v) is 4.08. The van der Waals surface area contributed by atoms with Crippen LogP contribution in [0.2, 0.25) is 5.02 Å². The fraction of sp³-hybridized carbons (Fsp3) is 0.278. The average Bonchev–Trinajstić information content (AvgIpc) is 2.62. The van der Waals surface area contributed by atoms with Crippen LogP contribution in [0.15, 0.2) is 59.5 Å². The molecule has 1 amide bonds. The SMILES string of the molecule is O=C(CS(=O)(=O)c1ccc(Cl)cc1)N1CCOC(c2ccccc2)C1. The Balaban J connectivity index is 1.69. The van der Waals surface area contributed by atoms with Crippen molar-refractivity contribution >= 4 is 27.3 Å². The number of halogens is 1. The molecule has 2 aromatic carbocycles. The van der Waals surface area contributed by atoms with E-state index in [4.69, 9.17) is 16.3 Å². The number of rotatable bonds is 4. The van der Waals surface area contributed by atoms with Gasteiger partial charge in [0.25, 0.3) is 0 Å². The molecule has 3 rings (SSSR count). The second kappa shape index (κ2) is 7.56. The summed E-state index contributed by atoms with van der Waals surface area (Å²) in [6.45, 7) is 1.11. The predicted molar refractivity (Wildman–Crippen MR) is 95.2 cm³/mol. The monoisotopic (exact) mass is 379 g/mol. The molecule has 0 bridgehead atoms. The molecular weight excluding hydrogens is 362 g/mol. The highest BCUT2D eigenvalue weighted by molar-refractivity contribution is 7.92. The molecule has 1 heterocycles. The summed E-state index contributed by atoms with van der Waals surface area (Å²) in [5, 5.41) is 0.448. The van der Waals surface area contributed by atoms with Crippen LogP contribution in [0.3, 0.4) is 0 Å². The summed E-state index contributed by atoms with van der Waals surface area (Å²) in [4.78, 5) is 14.1. The van der Waals surface area contributed by atoms with Crippen LogP contribution in [0.1, 0.15) is 11.7 Å². The Hall–Kier alpha value is -1.89. The molecule has 7 heteroatoms. The predicted octanol–water partition coefficient (Wildman–Crippen LogP) is 2.71. The molecule has 0 aliphatic carbocycles. The van der Waals surface area contributed by atoms with Gasteiger partial charge in [-0.2, -0.15) is 0 Å². The molecule has 1 aliphatic rings. The van der Waals surface area contributed by atoms with Crippen LogP contribution >= 0.6 is 11.6 Å². The zero-order valence-corrected chi connectivity index (χ0v) is 15.0. The Labute approximate surface area is 152 Å². The number of hydrogen-bond donors (Lipinski definition) is 0. The number of sulfone groups is 1. The van der Waals surface area contributed by atoms with Crippen molar-refractivity contribution in [3.63, 3.8) is 0 Å². The lowest BCUT2D eigenvalue weighted by atomic mass is 10.1. The summed E-state index contributed by atoms with van der Waals surface area (Å²) in [5.41, 5.74) is 0.973. The van der Waals surface area contributed by atoms with Crippen LogP contribution in [0.4, 0.5) is 0 Å². The minimum Gasteiger partial charge on any atom is -0.370 e. The Morgan fingerprint density at radius 1 is 1.12 bits per heavy atom. The highest BCUT2D eigenvalue weighted by Gasteiger charge is 2.28. The van der Waals surface area contributed by atoms with E-state index >= 15 is 0 Å². The van der Waals surface area contributed by atoms with Gasteiger partial charge in [-0.15, -0.1) is 0 Å². The van der Waals surface area contributed by atoms with Crippen LogP contribution in [0, 0.1) is 0 Å². The van der Waals surface area contributed by atoms with E-state index in [1.807, 2.05) is 30.3 Å². The second-order valence-corrected chi connectivity index (χ2v) is 8.25. The summed E-state index contributed by atoms with van der Waals surface area (Å²) in [5.74, 6) is -0.977. The van der Waals surface area contributed by atoms with Gasteiger partial charge >= 0.3 is 0 Å². The molecule has 1 aliphatic heterocycles. The van der Waals surface area contributed by atoms with Gasteiger partial charge in [-0.25, -0.2) is 8.42 Å². The minimum atomic E-state index is -3.70. The normalized spacial score (nSPS) is 18.1. The van der Waals surface area contributed by atoms with E-state index in [9.17, 15) is 13.2 Å². The maximum Gasteiger partial charge on any atom is 0.238 e. The van der Waals surface area contributed by atoms with E-state index in [1.165, 1.54) is 24.3 Å². The van der Waals surface area contributed by atoms with E-state index in [2.05, 4.69) is 0 Å². The first-order chi connectivity index (χ1) is 12.0. The molecule has 132 valence electrons. The largest absolute Gasteiger partial charge is 0.370 e. The van der Waals surface area contributed by atoms with E-state index in [0.29, 0.717) is 24.7 Å². The number of benzene rings is 2. The Morgan fingerprint density at radius 3 is 2.48 bits per heavy atom. The molecule has 2 aromatic rings. The summed E-state index contributed by atoms with van der Waals surface area (Å²) in [6, 6.07) is 15.4. The van der Waals surface area contributed by atoms with Crippen LogP contribution in [-0.2, 0) is 19.4 Å². The Morgan fingerprint density at radius 2 is 1.80 bits per heavy atom. The number of hydrogen-bond acceptors (Lipinski definition) is 4. The zero-order chi connectivity index (χ0) is 17.9. The van der Waals surface area contributed by atoms with Crippen molar-refractivity contribution in [1.29, 1.82) is 0 Å². The van der Waals surface area contributed by atoms with Crippen LogP contribution in [0.5, 0.6) is 0 Å². The first-order valence-corrected chi connectivity index (χ1v) is 9.91. The van der Waals surface area contributed by atoms with Crippen LogP contribution in [-0.4, -0.2) is 44.7 Å². The second-order valence-electron chi connectivity index (χ2n) is 5.82. The van der Waals surface area contributed by atoms with Gasteiger partial charge in [-0.1, -0.05) is 41.9 Å². The third-order valence-electron chi connectivity index (χ3n) is 4.08. The first-order valence-electron chi connectivity index (χ1n) is 7.88. The molecule has 1 saturated heterocycles. The van der Waals surface area contributed by atoms with E-state index < -0.39 is 21.5 Å². The highest BCUT2D eigenvalue weighted by Crippen LogP contribution is 2.23. The van der Waals surface area contributed by atoms with Crippen molar-refractivity contribution in [2.45, 2.75) is 11.0 Å². The molecule has 5 nitrogen and oxygen atoms in total. The maximum atomic E-state index is 12.5. The fourth-order valence-electron chi connectivity index (χ4n) is 2.72. The summed E-state index contributed by atoms with van der Waals surface area (Å²) >= 11 is 5.78. The van der Waals surface area contributed by atoms with E-state index in [-0.39, 0.29) is 11.0 Å². The molecule has 1 atom stereocenters. The lowest BCUT2D eigenvalue weighted by molar-refractivity contribution is -0.136. The van der Waals surface area contributed by atoms with Crippen molar-refractivity contribution in [2.75, 3.05) is 25.4 Å². The van der Waals surface area contributed by atoms with E-state index in [0.717, 1.165) is 5.56 Å². The van der Waals surface area contributed by atoms with Crippen molar-refractivity contribution < 1.29 is 17.9 Å². The zero-order valence-electron chi connectivity index (χ0n) is 13.5. The standard InChI is InChI=1S/C18H18ClNO4S/c19-15-6-8-16(9-7-15)25(22,23)13-18(21)20-10-11-24-17(12-20)14-4-2-1-3-5-14/h1-9,17H,10-13H2. The molecule has 1 unspecified atom stereocenters. The van der Waals surface area contributed by atoms with Crippen molar-refractivity contribution in [3.05, 3.63) is 65.2 Å². The molecule has 0 N–H and O–H groups in total. The topological polar surface area (TPSA) is 63.7 Å². The summed E-state index contributed by atoms with van der Waals surface area (Å²) < 4.78 is 30.6. The summed E-state index contributed by atoms with van der Waals surface area (Å²) in [6.07, 6.45) is -0.239. The Kier molecular flexibility index (Phi) is 5.42. The number of ether oxygens (including phenoxy) is 1.